The van der Waals surface area contributed by atoms with Crippen LogP contribution in [0.3, 0.4) is 0 Å². The zero-order valence-electron chi connectivity index (χ0n) is 17.4. The molecule has 8 rings (SSSR count). The number of halogens is 1. The molecule has 2 aliphatic rings. The summed E-state index contributed by atoms with van der Waals surface area (Å²) in [5.74, 6) is 1.01. The third-order valence-electron chi connectivity index (χ3n) is 7.42. The number of benzene rings is 3. The van der Waals surface area contributed by atoms with Gasteiger partial charge in [0.05, 0.1) is 27.9 Å². The zero-order valence-corrected chi connectivity index (χ0v) is 19.0. The second kappa shape index (κ2) is 5.51. The van der Waals surface area contributed by atoms with Gasteiger partial charge in [-0.05, 0) is 46.7 Å². The van der Waals surface area contributed by atoms with Gasteiger partial charge in [-0.3, -0.25) is 8.80 Å². The van der Waals surface area contributed by atoms with Crippen molar-refractivity contribution in [1.82, 2.24) is 13.8 Å². The smallest absolute Gasteiger partial charge is 0.220 e. The fourth-order valence-electron chi connectivity index (χ4n) is 5.87. The number of hydrogen-bond acceptors (Lipinski definition) is 1. The minimum absolute atomic E-state index is 0.0157. The fraction of sp³-hybridized carbons (Fsp3) is 0.107. The van der Waals surface area contributed by atoms with Crippen LogP contribution < -0.4 is 0 Å². The standard InChI is InChI=1S/C28H18BrN3/c1-28-9-5-4-8-18(28)12-24-22(15-28)30-27-31(24)25-14-19(29)13-21-20-10-16-6-2-3-7-17(16)11-23(20)32(27)26(21)25/h2-14H,15H2,1H3. The molecule has 0 bridgehead atoms. The third-order valence-corrected chi connectivity index (χ3v) is 7.88. The van der Waals surface area contributed by atoms with E-state index < -0.39 is 0 Å². The molecule has 3 aromatic heterocycles. The van der Waals surface area contributed by atoms with E-state index in [2.05, 4.69) is 111 Å². The van der Waals surface area contributed by atoms with Gasteiger partial charge < -0.3 is 0 Å². The normalized spacial score (nSPS) is 20.1. The first-order valence-electron chi connectivity index (χ1n) is 11.0. The zero-order chi connectivity index (χ0) is 21.2. The first kappa shape index (κ1) is 17.2. The van der Waals surface area contributed by atoms with Crippen molar-refractivity contribution in [2.24, 2.45) is 5.41 Å². The van der Waals surface area contributed by atoms with E-state index in [1.165, 1.54) is 55.1 Å². The molecule has 0 radical (unpaired) electrons. The Labute approximate surface area is 192 Å². The van der Waals surface area contributed by atoms with Crippen LogP contribution in [0.5, 0.6) is 0 Å². The maximum atomic E-state index is 5.25. The maximum absolute atomic E-state index is 5.25. The van der Waals surface area contributed by atoms with Gasteiger partial charge in [0.1, 0.15) is 0 Å². The molecule has 3 aromatic carbocycles. The van der Waals surface area contributed by atoms with Crippen molar-refractivity contribution in [1.29, 1.82) is 0 Å². The second-order valence-corrected chi connectivity index (χ2v) is 10.3. The van der Waals surface area contributed by atoms with Crippen LogP contribution in [0.1, 0.15) is 18.3 Å². The SMILES string of the molecule is CC12C=CC=CC1=Cc1c(nc3n1c1cc(Br)cc4c5cc6ccccc6cc5n3c41)C2. The average molecular weight is 476 g/mol. The Morgan fingerprint density at radius 1 is 0.938 bits per heavy atom. The minimum Gasteiger partial charge on any atom is -0.277 e. The molecule has 0 saturated carbocycles. The summed E-state index contributed by atoms with van der Waals surface area (Å²) >= 11 is 3.79. The lowest BCUT2D eigenvalue weighted by Crippen LogP contribution is -2.24. The first-order chi connectivity index (χ1) is 15.6. The fourth-order valence-corrected chi connectivity index (χ4v) is 6.31. The van der Waals surface area contributed by atoms with Crippen molar-refractivity contribution in [2.75, 3.05) is 0 Å². The van der Waals surface area contributed by atoms with Crippen molar-refractivity contribution < 1.29 is 0 Å². The van der Waals surface area contributed by atoms with Crippen molar-refractivity contribution in [3.8, 4) is 0 Å². The van der Waals surface area contributed by atoms with Crippen molar-refractivity contribution in [3.63, 3.8) is 0 Å². The Balaban J connectivity index is 1.59. The van der Waals surface area contributed by atoms with E-state index in [0.717, 1.165) is 16.7 Å². The highest BCUT2D eigenvalue weighted by atomic mass is 79.9. The van der Waals surface area contributed by atoms with E-state index in [-0.39, 0.29) is 5.41 Å². The summed E-state index contributed by atoms with van der Waals surface area (Å²) in [6.45, 7) is 2.31. The van der Waals surface area contributed by atoms with Crippen LogP contribution in [0.25, 0.3) is 49.9 Å². The van der Waals surface area contributed by atoms with Crippen molar-refractivity contribution in [3.05, 3.63) is 94.3 Å². The lowest BCUT2D eigenvalue weighted by molar-refractivity contribution is 0.509. The quantitative estimate of drug-likeness (QED) is 0.225. The largest absolute Gasteiger partial charge is 0.277 e. The molecule has 32 heavy (non-hydrogen) atoms. The van der Waals surface area contributed by atoms with Crippen LogP contribution in [-0.2, 0) is 6.42 Å². The molecule has 0 fully saturated rings. The van der Waals surface area contributed by atoms with E-state index in [1.54, 1.807) is 0 Å². The highest BCUT2D eigenvalue weighted by Crippen LogP contribution is 2.45. The summed E-state index contributed by atoms with van der Waals surface area (Å²) in [6, 6.07) is 17.7. The number of fused-ring (bicyclic) bond motifs is 10. The number of aromatic nitrogens is 3. The Morgan fingerprint density at radius 3 is 2.66 bits per heavy atom. The first-order valence-corrected chi connectivity index (χ1v) is 11.8. The Bertz CT molecular complexity index is 1880. The van der Waals surface area contributed by atoms with Crippen LogP contribution in [0.15, 0.2) is 82.9 Å². The Morgan fingerprint density at radius 2 is 1.78 bits per heavy atom. The molecule has 0 N–H and O–H groups in total. The van der Waals surface area contributed by atoms with E-state index in [0.29, 0.717) is 0 Å². The molecule has 3 heterocycles. The van der Waals surface area contributed by atoms with E-state index in [1.807, 2.05) is 0 Å². The highest BCUT2D eigenvalue weighted by molar-refractivity contribution is 9.10. The number of nitrogens with zero attached hydrogens (tertiary/aromatic N) is 3. The monoisotopic (exact) mass is 475 g/mol. The van der Waals surface area contributed by atoms with Gasteiger partial charge in [0.2, 0.25) is 5.78 Å². The van der Waals surface area contributed by atoms with E-state index in [9.17, 15) is 0 Å². The van der Waals surface area contributed by atoms with Gasteiger partial charge in [0.15, 0.2) is 0 Å². The lowest BCUT2D eigenvalue weighted by Gasteiger charge is -2.32. The number of rotatable bonds is 0. The summed E-state index contributed by atoms with van der Waals surface area (Å²) in [4.78, 5) is 5.25. The molecular weight excluding hydrogens is 458 g/mol. The molecule has 152 valence electrons. The van der Waals surface area contributed by atoms with Gasteiger partial charge >= 0.3 is 0 Å². The predicted octanol–water partition coefficient (Wildman–Crippen LogP) is 7.32. The molecular formula is C28H18BrN3. The van der Waals surface area contributed by atoms with Crippen LogP contribution in [-0.4, -0.2) is 13.8 Å². The molecule has 1 atom stereocenters. The van der Waals surface area contributed by atoms with Gasteiger partial charge in [0, 0.05) is 27.1 Å². The minimum atomic E-state index is 0.0157. The van der Waals surface area contributed by atoms with Gasteiger partial charge in [-0.1, -0.05) is 71.4 Å². The molecule has 0 amide bonds. The summed E-state index contributed by atoms with van der Waals surface area (Å²) < 4.78 is 5.82. The molecule has 0 saturated heterocycles. The Kier molecular flexibility index (Phi) is 2.96. The molecule has 4 heteroatoms. The van der Waals surface area contributed by atoms with Gasteiger partial charge in [0.25, 0.3) is 0 Å². The van der Waals surface area contributed by atoms with Crippen LogP contribution in [0, 0.1) is 5.41 Å². The molecule has 0 aliphatic heterocycles. The van der Waals surface area contributed by atoms with Crippen LogP contribution in [0.4, 0.5) is 0 Å². The number of allylic oxidation sites excluding steroid dienone is 5. The Hall–Kier alpha value is -3.37. The second-order valence-electron chi connectivity index (χ2n) is 9.36. The van der Waals surface area contributed by atoms with Gasteiger partial charge in [-0.2, -0.15) is 0 Å². The molecule has 2 aliphatic carbocycles. The summed E-state index contributed by atoms with van der Waals surface area (Å²) in [7, 11) is 0. The van der Waals surface area contributed by atoms with Crippen molar-refractivity contribution >= 4 is 65.9 Å². The van der Waals surface area contributed by atoms with Crippen LogP contribution >= 0.6 is 15.9 Å². The molecule has 0 spiro atoms. The molecule has 6 aromatic rings. The lowest BCUT2D eigenvalue weighted by atomic mass is 9.72. The molecule has 1 unspecified atom stereocenters. The van der Waals surface area contributed by atoms with E-state index >= 15 is 0 Å². The van der Waals surface area contributed by atoms with Gasteiger partial charge in [-0.15, -0.1) is 0 Å². The summed E-state index contributed by atoms with van der Waals surface area (Å²) in [6.07, 6.45) is 12.1. The number of imidazole rings is 2. The molecule has 3 nitrogen and oxygen atoms in total. The average Bonchev–Trinajstić information content (AvgIpc) is 3.40. The highest BCUT2D eigenvalue weighted by Gasteiger charge is 2.34. The van der Waals surface area contributed by atoms with Crippen molar-refractivity contribution in [2.45, 2.75) is 13.3 Å². The third kappa shape index (κ3) is 1.95. The topological polar surface area (TPSA) is 21.7 Å². The number of hydrogen-bond donors (Lipinski definition) is 0. The van der Waals surface area contributed by atoms with Crippen LogP contribution in [0.2, 0.25) is 0 Å². The van der Waals surface area contributed by atoms with Gasteiger partial charge in [-0.25, -0.2) is 4.98 Å². The summed E-state index contributed by atoms with van der Waals surface area (Å²) in [5.41, 5.74) is 7.42. The predicted molar refractivity (Wildman–Crippen MR) is 136 cm³/mol. The summed E-state index contributed by atoms with van der Waals surface area (Å²) in [5, 5.41) is 5.07. The maximum Gasteiger partial charge on any atom is 0.220 e. The van der Waals surface area contributed by atoms with E-state index in [4.69, 9.17) is 4.98 Å².